The van der Waals surface area contributed by atoms with E-state index in [-0.39, 0.29) is 0 Å². The largest absolute Gasteiger partial charge is 0.623 e. The van der Waals surface area contributed by atoms with Crippen molar-refractivity contribution in [3.8, 4) is 0 Å². The molecular formula is C16H14F3NO. The molecule has 0 spiro atoms. The van der Waals surface area contributed by atoms with Gasteiger partial charge in [0.05, 0.1) is 5.56 Å². The summed E-state index contributed by atoms with van der Waals surface area (Å²) >= 11 is 0. The topological polar surface area (TPSA) is 26.1 Å². The van der Waals surface area contributed by atoms with Crippen molar-refractivity contribution >= 4 is 6.21 Å². The molecule has 0 N–H and O–H groups in total. The summed E-state index contributed by atoms with van der Waals surface area (Å²) in [4.78, 5) is 0. The van der Waals surface area contributed by atoms with E-state index >= 15 is 0 Å². The van der Waals surface area contributed by atoms with Gasteiger partial charge in [-0.25, -0.2) is 4.74 Å². The molecule has 0 aliphatic rings. The van der Waals surface area contributed by atoms with Crippen LogP contribution in [0.1, 0.15) is 29.7 Å². The average molecular weight is 293 g/mol. The second-order valence-electron chi connectivity index (χ2n) is 4.70. The Labute approximate surface area is 120 Å². The first-order valence-electron chi connectivity index (χ1n) is 6.40. The number of nitrogens with zero attached hydrogens (tertiary/aromatic N) is 1. The van der Waals surface area contributed by atoms with E-state index in [0.29, 0.717) is 5.56 Å². The van der Waals surface area contributed by atoms with Crippen molar-refractivity contribution in [2.45, 2.75) is 19.1 Å². The van der Waals surface area contributed by atoms with Gasteiger partial charge in [0, 0.05) is 18.1 Å². The molecule has 0 heterocycles. The third-order valence-corrected chi connectivity index (χ3v) is 3.18. The Morgan fingerprint density at radius 3 is 2.10 bits per heavy atom. The molecule has 5 heteroatoms. The highest BCUT2D eigenvalue weighted by Crippen LogP contribution is 2.28. The summed E-state index contributed by atoms with van der Waals surface area (Å²) in [5.74, 6) is 0. The molecule has 2 rings (SSSR count). The van der Waals surface area contributed by atoms with Crippen LogP contribution in [-0.2, 0) is 6.18 Å². The van der Waals surface area contributed by atoms with E-state index in [2.05, 4.69) is 0 Å². The van der Waals surface area contributed by atoms with Gasteiger partial charge < -0.3 is 5.21 Å². The molecule has 0 bridgehead atoms. The number of hydrogen-bond acceptors (Lipinski definition) is 1. The van der Waals surface area contributed by atoms with Gasteiger partial charge in [-0.15, -0.1) is 0 Å². The lowest BCUT2D eigenvalue weighted by Gasteiger charge is -2.13. The molecule has 0 amide bonds. The van der Waals surface area contributed by atoms with Crippen LogP contribution >= 0.6 is 0 Å². The normalized spacial score (nSPS) is 14.0. The fourth-order valence-electron chi connectivity index (χ4n) is 1.90. The second kappa shape index (κ2) is 5.99. The lowest BCUT2D eigenvalue weighted by molar-refractivity contribution is -0.498. The maximum Gasteiger partial charge on any atom is 0.416 e. The minimum atomic E-state index is -4.37. The molecule has 2 aromatic carbocycles. The van der Waals surface area contributed by atoms with Crippen molar-refractivity contribution in [3.05, 3.63) is 76.5 Å². The van der Waals surface area contributed by atoms with Gasteiger partial charge in [-0.3, -0.25) is 0 Å². The number of hydroxylamine groups is 1. The second-order valence-corrected chi connectivity index (χ2v) is 4.70. The highest BCUT2D eigenvalue weighted by molar-refractivity contribution is 5.75. The third kappa shape index (κ3) is 3.84. The summed E-state index contributed by atoms with van der Waals surface area (Å²) in [6.45, 7) is 1.74. The fourth-order valence-corrected chi connectivity index (χ4v) is 1.90. The molecule has 0 saturated heterocycles. The van der Waals surface area contributed by atoms with E-state index in [9.17, 15) is 18.4 Å². The zero-order valence-corrected chi connectivity index (χ0v) is 11.3. The van der Waals surface area contributed by atoms with Crippen molar-refractivity contribution in [2.75, 3.05) is 0 Å². The van der Waals surface area contributed by atoms with Crippen molar-refractivity contribution in [2.24, 2.45) is 0 Å². The molecule has 0 aliphatic heterocycles. The fraction of sp³-hybridized carbons (Fsp3) is 0.188. The summed E-state index contributed by atoms with van der Waals surface area (Å²) in [6.07, 6.45) is -3.08. The first-order chi connectivity index (χ1) is 9.88. The number of rotatable bonds is 3. The smallest absolute Gasteiger partial charge is 0.416 e. The molecule has 0 radical (unpaired) electrons. The average Bonchev–Trinajstić information content (AvgIpc) is 2.47. The molecule has 1 atom stereocenters. The van der Waals surface area contributed by atoms with Crippen molar-refractivity contribution in [3.63, 3.8) is 0 Å². The van der Waals surface area contributed by atoms with Crippen LogP contribution < -0.4 is 0 Å². The van der Waals surface area contributed by atoms with Gasteiger partial charge in [0.25, 0.3) is 0 Å². The van der Waals surface area contributed by atoms with E-state index in [1.54, 1.807) is 6.92 Å². The molecule has 21 heavy (non-hydrogen) atoms. The van der Waals surface area contributed by atoms with Crippen LogP contribution in [0.2, 0.25) is 0 Å². The highest BCUT2D eigenvalue weighted by Gasteiger charge is 2.29. The monoisotopic (exact) mass is 293 g/mol. The van der Waals surface area contributed by atoms with Crippen LogP contribution in [0.4, 0.5) is 13.2 Å². The van der Waals surface area contributed by atoms with E-state index in [1.807, 2.05) is 30.3 Å². The van der Waals surface area contributed by atoms with Crippen LogP contribution in [0.25, 0.3) is 0 Å². The van der Waals surface area contributed by atoms with Crippen molar-refractivity contribution < 1.29 is 17.9 Å². The summed E-state index contributed by atoms with van der Waals surface area (Å²) in [5.41, 5.74) is 0.546. The number of benzene rings is 2. The van der Waals surface area contributed by atoms with E-state index in [0.717, 1.165) is 22.4 Å². The Balaban J connectivity index is 2.19. The Hall–Kier alpha value is -2.30. The van der Waals surface area contributed by atoms with Gasteiger partial charge in [-0.05, 0) is 24.3 Å². The predicted octanol–water partition coefficient (Wildman–Crippen LogP) is 4.40. The van der Waals surface area contributed by atoms with Crippen molar-refractivity contribution in [1.29, 1.82) is 0 Å². The third-order valence-electron chi connectivity index (χ3n) is 3.18. The van der Waals surface area contributed by atoms with E-state index in [4.69, 9.17) is 0 Å². The van der Waals surface area contributed by atoms with Gasteiger partial charge in [-0.2, -0.15) is 13.2 Å². The van der Waals surface area contributed by atoms with Crippen LogP contribution in [0.5, 0.6) is 0 Å². The van der Waals surface area contributed by atoms with Gasteiger partial charge in [-0.1, -0.05) is 30.3 Å². The molecule has 0 saturated carbocycles. The molecule has 1 unspecified atom stereocenters. The van der Waals surface area contributed by atoms with Gasteiger partial charge in [0.1, 0.15) is 0 Å². The molecule has 2 nitrogen and oxygen atoms in total. The minimum Gasteiger partial charge on any atom is -0.623 e. The van der Waals surface area contributed by atoms with E-state index in [1.165, 1.54) is 18.3 Å². The Kier molecular flexibility index (Phi) is 4.31. The Morgan fingerprint density at radius 2 is 1.57 bits per heavy atom. The maximum atomic E-state index is 12.4. The van der Waals surface area contributed by atoms with Crippen LogP contribution in [0, 0.1) is 5.21 Å². The van der Waals surface area contributed by atoms with Crippen LogP contribution in [-0.4, -0.2) is 11.0 Å². The summed E-state index contributed by atoms with van der Waals surface area (Å²) in [6, 6.07) is 13.3. The van der Waals surface area contributed by atoms with Crippen LogP contribution in [0.3, 0.4) is 0 Å². The summed E-state index contributed by atoms with van der Waals surface area (Å²) in [7, 11) is 0. The quantitative estimate of drug-likeness (QED) is 0.356. The molecule has 0 aromatic heterocycles. The highest BCUT2D eigenvalue weighted by atomic mass is 19.4. The zero-order valence-electron chi connectivity index (χ0n) is 11.3. The number of alkyl halides is 3. The Bertz CT molecular complexity index is 618. The Morgan fingerprint density at radius 1 is 1.00 bits per heavy atom. The number of halogens is 3. The molecule has 2 aromatic rings. The summed E-state index contributed by atoms with van der Waals surface area (Å²) < 4.78 is 38.1. The number of hydrogen-bond donors (Lipinski definition) is 0. The van der Waals surface area contributed by atoms with Gasteiger partial charge in [0.2, 0.25) is 0 Å². The zero-order chi connectivity index (χ0) is 15.5. The summed E-state index contributed by atoms with van der Waals surface area (Å²) in [5, 5.41) is 12.0. The first-order valence-corrected chi connectivity index (χ1v) is 6.40. The molecular weight excluding hydrogens is 279 g/mol. The molecule has 110 valence electrons. The standard InChI is InChI=1S/C16H14F3NO/c1-12(14-5-3-2-4-6-14)20(21)11-13-7-9-15(10-8-13)16(17,18)19/h2-12H,1H3/b20-11-. The van der Waals surface area contributed by atoms with E-state index < -0.39 is 17.8 Å². The molecule has 0 aliphatic carbocycles. The maximum absolute atomic E-state index is 12.4. The lowest BCUT2D eigenvalue weighted by Crippen LogP contribution is -2.12. The molecule has 0 fully saturated rings. The minimum absolute atomic E-state index is 0.409. The van der Waals surface area contributed by atoms with Gasteiger partial charge in [0.15, 0.2) is 12.3 Å². The SMILES string of the molecule is CC(c1ccccc1)/[N+]([O-])=C/c1ccc(C(F)(F)F)cc1. The van der Waals surface area contributed by atoms with Crippen LogP contribution in [0.15, 0.2) is 54.6 Å². The van der Waals surface area contributed by atoms with Crippen molar-refractivity contribution in [1.82, 2.24) is 0 Å². The van der Waals surface area contributed by atoms with Gasteiger partial charge >= 0.3 is 6.18 Å². The lowest BCUT2D eigenvalue weighted by atomic mass is 10.1. The first kappa shape index (κ1) is 15.1. The predicted molar refractivity (Wildman–Crippen MR) is 75.1 cm³/mol.